The smallest absolute Gasteiger partial charge is 0.283 e. The maximum Gasteiger partial charge on any atom is 0.283 e. The van der Waals surface area contributed by atoms with E-state index >= 15 is 0 Å². The fourth-order valence-electron chi connectivity index (χ4n) is 3.23. The molecule has 0 aliphatic heterocycles. The second-order valence-corrected chi connectivity index (χ2v) is 9.22. The van der Waals surface area contributed by atoms with Gasteiger partial charge in [0.15, 0.2) is 4.75 Å². The third-order valence-electron chi connectivity index (χ3n) is 4.40. The van der Waals surface area contributed by atoms with Crippen LogP contribution < -0.4 is 0 Å². The zero-order chi connectivity index (χ0) is 21.6. The Balaban J connectivity index is 2.68. The van der Waals surface area contributed by atoms with Crippen molar-refractivity contribution in [1.82, 2.24) is 0 Å². The molecular weight excluding hydrogens is 482 g/mol. The lowest BCUT2D eigenvalue weighted by molar-refractivity contribution is 0.439. The minimum atomic E-state index is -5.16. The zero-order valence-corrected chi connectivity index (χ0v) is 18.1. The molecule has 0 aliphatic rings. The molecule has 1 atom stereocenters. The van der Waals surface area contributed by atoms with Crippen LogP contribution in [0, 0.1) is 0 Å². The number of rotatable bonds is 4. The summed E-state index contributed by atoms with van der Waals surface area (Å²) < 4.78 is 34.0. The second kappa shape index (κ2) is 7.87. The van der Waals surface area contributed by atoms with Gasteiger partial charge in [-0.2, -0.15) is 8.42 Å². The summed E-state index contributed by atoms with van der Waals surface area (Å²) in [5.74, 6) is -1.04. The summed E-state index contributed by atoms with van der Waals surface area (Å²) in [6.07, 6.45) is 0. The second-order valence-electron chi connectivity index (χ2n) is 6.06. The van der Waals surface area contributed by atoms with Crippen LogP contribution >= 0.6 is 46.4 Å². The summed E-state index contributed by atoms with van der Waals surface area (Å²) in [5, 5.41) is 20.1. The molecule has 5 nitrogen and oxygen atoms in total. The van der Waals surface area contributed by atoms with E-state index in [-0.39, 0.29) is 36.8 Å². The van der Waals surface area contributed by atoms with Crippen LogP contribution in [0.1, 0.15) is 16.7 Å². The van der Waals surface area contributed by atoms with Gasteiger partial charge < -0.3 is 10.2 Å². The molecule has 0 aromatic heterocycles. The fourth-order valence-corrected chi connectivity index (χ4v) is 5.60. The molecule has 0 saturated carbocycles. The Morgan fingerprint density at radius 1 is 0.724 bits per heavy atom. The molecule has 152 valence electrons. The molecule has 0 amide bonds. The lowest BCUT2D eigenvalue weighted by Crippen LogP contribution is -2.39. The molecule has 0 heterocycles. The lowest BCUT2D eigenvalue weighted by atomic mass is 9.83. The number of hydrogen-bond acceptors (Lipinski definition) is 4. The largest absolute Gasteiger partial charge is 0.508 e. The average molecular weight is 494 g/mol. The van der Waals surface area contributed by atoms with Gasteiger partial charge in [-0.1, -0.05) is 76.7 Å². The Bertz CT molecular complexity index is 1210. The van der Waals surface area contributed by atoms with E-state index < -0.39 is 26.4 Å². The van der Waals surface area contributed by atoms with E-state index in [9.17, 15) is 23.2 Å². The van der Waals surface area contributed by atoms with Gasteiger partial charge in [-0.15, -0.1) is 0 Å². The molecule has 0 radical (unpaired) electrons. The number of phenolic OH excluding ortho intramolecular Hbond substituents is 2. The minimum absolute atomic E-state index is 0.0555. The maximum absolute atomic E-state index is 13.0. The molecule has 3 N–H and O–H groups in total. The highest BCUT2D eigenvalue weighted by Crippen LogP contribution is 2.53. The zero-order valence-electron chi connectivity index (χ0n) is 14.3. The molecule has 0 aliphatic carbocycles. The average Bonchev–Trinajstić information content (AvgIpc) is 2.63. The fraction of sp³-hybridized carbons (Fsp3) is 0.0526. The third kappa shape index (κ3) is 3.54. The van der Waals surface area contributed by atoms with Crippen LogP contribution in [0.2, 0.25) is 20.1 Å². The van der Waals surface area contributed by atoms with Crippen LogP contribution in [0.15, 0.2) is 54.6 Å². The molecule has 29 heavy (non-hydrogen) atoms. The van der Waals surface area contributed by atoms with Gasteiger partial charge in [0.05, 0.1) is 15.1 Å². The molecule has 3 aromatic rings. The van der Waals surface area contributed by atoms with Crippen LogP contribution in [-0.4, -0.2) is 23.2 Å². The van der Waals surface area contributed by atoms with Gasteiger partial charge in [-0.3, -0.25) is 4.55 Å². The molecule has 0 saturated heterocycles. The van der Waals surface area contributed by atoms with Crippen molar-refractivity contribution >= 4 is 56.5 Å². The summed E-state index contributed by atoms with van der Waals surface area (Å²) in [6.45, 7) is 0. The quantitative estimate of drug-likeness (QED) is 0.311. The molecule has 10 heteroatoms. The van der Waals surface area contributed by atoms with Crippen molar-refractivity contribution in [1.29, 1.82) is 0 Å². The molecule has 0 spiro atoms. The highest BCUT2D eigenvalue weighted by molar-refractivity contribution is 7.87. The first-order valence-electron chi connectivity index (χ1n) is 7.90. The number of para-hydroxylation sites is 1. The van der Waals surface area contributed by atoms with E-state index in [1.807, 2.05) is 0 Å². The van der Waals surface area contributed by atoms with E-state index in [0.29, 0.717) is 0 Å². The van der Waals surface area contributed by atoms with Gasteiger partial charge >= 0.3 is 0 Å². The molecule has 0 fully saturated rings. The van der Waals surface area contributed by atoms with Crippen LogP contribution in [0.3, 0.4) is 0 Å². The van der Waals surface area contributed by atoms with Crippen LogP contribution in [0.4, 0.5) is 0 Å². The van der Waals surface area contributed by atoms with Crippen molar-refractivity contribution in [3.8, 4) is 11.5 Å². The molecule has 3 rings (SSSR count). The molecule has 1 unspecified atom stereocenters. The Labute approximate surface area is 186 Å². The summed E-state index contributed by atoms with van der Waals surface area (Å²) in [5.41, 5.74) is -0.785. The van der Waals surface area contributed by atoms with E-state index in [0.717, 1.165) is 12.1 Å². The SMILES string of the molecule is O=S(=O)(O)C(c1ccccc1Cl)(c1cccc(Cl)c1O)c1cc(O)cc(Cl)c1Cl. The van der Waals surface area contributed by atoms with Gasteiger partial charge in [0, 0.05) is 27.8 Å². The predicted molar refractivity (Wildman–Crippen MR) is 114 cm³/mol. The van der Waals surface area contributed by atoms with Crippen molar-refractivity contribution in [3.63, 3.8) is 0 Å². The van der Waals surface area contributed by atoms with Crippen molar-refractivity contribution in [2.75, 3.05) is 0 Å². The van der Waals surface area contributed by atoms with E-state index in [2.05, 4.69) is 0 Å². The maximum atomic E-state index is 13.0. The normalized spacial score (nSPS) is 13.8. The number of phenols is 2. The lowest BCUT2D eigenvalue weighted by Gasteiger charge is -2.34. The van der Waals surface area contributed by atoms with Crippen molar-refractivity contribution in [2.45, 2.75) is 4.75 Å². The monoisotopic (exact) mass is 492 g/mol. The van der Waals surface area contributed by atoms with E-state index in [1.165, 1.54) is 36.4 Å². The molecule has 3 aromatic carbocycles. The van der Waals surface area contributed by atoms with Crippen molar-refractivity contribution in [2.24, 2.45) is 0 Å². The summed E-state index contributed by atoms with van der Waals surface area (Å²) in [7, 11) is -5.16. The van der Waals surface area contributed by atoms with E-state index in [4.69, 9.17) is 46.4 Å². The highest BCUT2D eigenvalue weighted by Gasteiger charge is 2.53. The van der Waals surface area contributed by atoms with Gasteiger partial charge in [0.25, 0.3) is 10.1 Å². The minimum Gasteiger partial charge on any atom is -0.508 e. The molecule has 0 bridgehead atoms. The van der Waals surface area contributed by atoms with Crippen LogP contribution in [-0.2, 0) is 14.9 Å². The highest BCUT2D eigenvalue weighted by atomic mass is 35.5. The first-order valence-corrected chi connectivity index (χ1v) is 10.9. The Morgan fingerprint density at radius 3 is 1.93 bits per heavy atom. The Kier molecular flexibility index (Phi) is 5.98. The first-order chi connectivity index (χ1) is 13.5. The van der Waals surface area contributed by atoms with Gasteiger partial charge in [-0.05, 0) is 18.2 Å². The number of hydrogen-bond donors (Lipinski definition) is 3. The van der Waals surface area contributed by atoms with Gasteiger partial charge in [-0.25, -0.2) is 0 Å². The standard InChI is InChI=1S/C19H12Cl4O5S/c20-14-6-2-1-4-11(14)19(29(26,27)28,12-5-3-7-15(21)18(12)25)13-8-10(24)9-16(22)17(13)23/h1-9,24-25H,(H,26,27,28). The predicted octanol–water partition coefficient (Wildman–Crippen LogP) is 5.89. The van der Waals surface area contributed by atoms with Crippen LogP contribution in [0.5, 0.6) is 11.5 Å². The van der Waals surface area contributed by atoms with Gasteiger partial charge in [0.1, 0.15) is 11.5 Å². The molecular formula is C19H12Cl4O5S. The van der Waals surface area contributed by atoms with Crippen molar-refractivity contribution < 1.29 is 23.2 Å². The summed E-state index contributed by atoms with van der Waals surface area (Å²) in [4.78, 5) is 0. The van der Waals surface area contributed by atoms with E-state index in [1.54, 1.807) is 6.07 Å². The Hall–Kier alpha value is -1.67. The van der Waals surface area contributed by atoms with Crippen molar-refractivity contribution in [3.05, 3.63) is 91.4 Å². The summed E-state index contributed by atoms with van der Waals surface area (Å²) in [6, 6.07) is 11.9. The number of halogens is 4. The van der Waals surface area contributed by atoms with Gasteiger partial charge in [0.2, 0.25) is 0 Å². The number of aromatic hydroxyl groups is 2. The third-order valence-corrected chi connectivity index (χ3v) is 7.27. The topological polar surface area (TPSA) is 94.8 Å². The first kappa shape index (κ1) is 22.0. The number of benzene rings is 3. The Morgan fingerprint density at radius 2 is 1.31 bits per heavy atom. The summed E-state index contributed by atoms with van der Waals surface area (Å²) >= 11 is 24.7. The van der Waals surface area contributed by atoms with Crippen LogP contribution in [0.25, 0.3) is 0 Å².